The highest BCUT2D eigenvalue weighted by molar-refractivity contribution is 7.71. The van der Waals surface area contributed by atoms with Crippen molar-refractivity contribution >= 4 is 23.8 Å². The Morgan fingerprint density at radius 1 is 1.30 bits per heavy atom. The quantitative estimate of drug-likeness (QED) is 0.723. The van der Waals surface area contributed by atoms with E-state index >= 15 is 0 Å². The van der Waals surface area contributed by atoms with Gasteiger partial charge in [-0.15, -0.1) is 0 Å². The van der Waals surface area contributed by atoms with Gasteiger partial charge in [-0.1, -0.05) is 23.8 Å². The second-order valence-electron chi connectivity index (χ2n) is 5.09. The first kappa shape index (κ1) is 15.1. The average molecular weight is 325 g/mol. The Morgan fingerprint density at radius 2 is 2.09 bits per heavy atom. The summed E-state index contributed by atoms with van der Waals surface area (Å²) in [6, 6.07) is 11.4. The van der Waals surface area contributed by atoms with Crippen LogP contribution in [0.1, 0.15) is 5.56 Å². The van der Waals surface area contributed by atoms with E-state index in [-0.39, 0.29) is 12.5 Å². The van der Waals surface area contributed by atoms with E-state index in [9.17, 15) is 4.79 Å². The Balaban J connectivity index is 1.85. The van der Waals surface area contributed by atoms with Crippen LogP contribution in [0.2, 0.25) is 0 Å². The zero-order valence-corrected chi connectivity index (χ0v) is 13.3. The summed E-state index contributed by atoms with van der Waals surface area (Å²) in [5.74, 6) is 0.464. The van der Waals surface area contributed by atoms with Gasteiger partial charge >= 0.3 is 0 Å². The van der Waals surface area contributed by atoms with E-state index in [1.165, 1.54) is 0 Å². The molecule has 1 amide bonds. The van der Waals surface area contributed by atoms with Gasteiger partial charge < -0.3 is 5.32 Å². The van der Waals surface area contributed by atoms with E-state index in [2.05, 4.69) is 20.5 Å². The molecule has 0 aliphatic heterocycles. The summed E-state index contributed by atoms with van der Waals surface area (Å²) >= 11 is 5.24. The van der Waals surface area contributed by atoms with Crippen LogP contribution in [0.3, 0.4) is 0 Å². The minimum atomic E-state index is -0.178. The first-order valence-corrected chi connectivity index (χ1v) is 7.46. The van der Waals surface area contributed by atoms with Gasteiger partial charge in [0, 0.05) is 23.6 Å². The Bertz CT molecular complexity index is 885. The van der Waals surface area contributed by atoms with E-state index in [4.69, 9.17) is 12.2 Å². The summed E-state index contributed by atoms with van der Waals surface area (Å²) in [6.07, 6.45) is 3.24. The molecule has 7 heteroatoms. The molecule has 0 aliphatic carbocycles. The molecule has 1 aromatic carbocycles. The monoisotopic (exact) mass is 325 g/mol. The Kier molecular flexibility index (Phi) is 4.29. The number of hydrogen-bond donors (Lipinski definition) is 2. The number of amides is 1. The van der Waals surface area contributed by atoms with E-state index < -0.39 is 0 Å². The van der Waals surface area contributed by atoms with Crippen LogP contribution in [0.15, 0.2) is 48.8 Å². The van der Waals surface area contributed by atoms with Crippen molar-refractivity contribution in [3.63, 3.8) is 0 Å². The summed E-state index contributed by atoms with van der Waals surface area (Å²) in [6.45, 7) is 2.09. The lowest BCUT2D eigenvalue weighted by Crippen LogP contribution is -2.19. The van der Waals surface area contributed by atoms with Gasteiger partial charge in [-0.3, -0.25) is 19.4 Å². The molecular weight excluding hydrogens is 310 g/mol. The number of benzene rings is 1. The average Bonchev–Trinajstić information content (AvgIpc) is 2.89. The molecule has 2 N–H and O–H groups in total. The largest absolute Gasteiger partial charge is 0.324 e. The molecule has 0 radical (unpaired) electrons. The number of nitrogens with zero attached hydrogens (tertiary/aromatic N) is 3. The number of H-pyrrole nitrogens is 1. The number of aryl methyl sites for hydroxylation is 1. The number of carbonyl (C=O) groups excluding carboxylic acids is 1. The number of aromatic nitrogens is 4. The fraction of sp³-hybridized carbons (Fsp3) is 0.125. The van der Waals surface area contributed by atoms with Crippen LogP contribution in [0.25, 0.3) is 11.4 Å². The highest BCUT2D eigenvalue weighted by Gasteiger charge is 2.12. The summed E-state index contributed by atoms with van der Waals surface area (Å²) in [5, 5.41) is 9.80. The summed E-state index contributed by atoms with van der Waals surface area (Å²) in [4.78, 5) is 16.2. The third-order valence-electron chi connectivity index (χ3n) is 3.30. The van der Waals surface area contributed by atoms with Crippen molar-refractivity contribution < 1.29 is 4.79 Å². The van der Waals surface area contributed by atoms with Crippen LogP contribution in [-0.2, 0) is 11.3 Å². The molecule has 0 saturated carbocycles. The summed E-state index contributed by atoms with van der Waals surface area (Å²) in [5.41, 5.74) is 2.72. The van der Waals surface area contributed by atoms with Gasteiger partial charge in [0.25, 0.3) is 0 Å². The van der Waals surface area contributed by atoms with Gasteiger partial charge in [-0.05, 0) is 37.3 Å². The van der Waals surface area contributed by atoms with E-state index in [0.717, 1.165) is 11.1 Å². The molecule has 23 heavy (non-hydrogen) atoms. The minimum Gasteiger partial charge on any atom is -0.324 e. The lowest BCUT2D eigenvalue weighted by Gasteiger charge is -2.08. The molecule has 0 fully saturated rings. The maximum absolute atomic E-state index is 12.2. The predicted molar refractivity (Wildman–Crippen MR) is 90.5 cm³/mol. The number of carbonyl (C=O) groups is 1. The van der Waals surface area contributed by atoms with Crippen LogP contribution in [-0.4, -0.2) is 25.7 Å². The molecule has 3 rings (SSSR count). The molecule has 2 heterocycles. The first-order valence-electron chi connectivity index (χ1n) is 7.05. The SMILES string of the molecule is Cc1cccc(-c2n[nH]c(=S)n2CC(=O)Nc2ccncc2)c1. The molecular formula is C16H15N5OS. The number of anilines is 1. The third kappa shape index (κ3) is 3.51. The molecule has 0 aliphatic rings. The van der Waals surface area contributed by atoms with E-state index in [1.54, 1.807) is 29.1 Å². The van der Waals surface area contributed by atoms with Crippen molar-refractivity contribution in [3.8, 4) is 11.4 Å². The zero-order chi connectivity index (χ0) is 16.2. The van der Waals surface area contributed by atoms with Crippen molar-refractivity contribution in [1.29, 1.82) is 0 Å². The molecule has 116 valence electrons. The van der Waals surface area contributed by atoms with Crippen LogP contribution in [0, 0.1) is 11.7 Å². The smallest absolute Gasteiger partial charge is 0.244 e. The number of rotatable bonds is 4. The molecule has 3 aromatic rings. The zero-order valence-electron chi connectivity index (χ0n) is 12.5. The highest BCUT2D eigenvalue weighted by Crippen LogP contribution is 2.18. The molecule has 0 unspecified atom stereocenters. The predicted octanol–water partition coefficient (Wildman–Crippen LogP) is 2.95. The fourth-order valence-corrected chi connectivity index (χ4v) is 2.44. The molecule has 6 nitrogen and oxygen atoms in total. The number of pyridine rings is 1. The first-order chi connectivity index (χ1) is 11.1. The number of nitrogens with one attached hydrogen (secondary N) is 2. The molecule has 2 aromatic heterocycles. The minimum absolute atomic E-state index is 0.0843. The van der Waals surface area contributed by atoms with Crippen molar-refractivity contribution in [2.24, 2.45) is 0 Å². The summed E-state index contributed by atoms with van der Waals surface area (Å²) < 4.78 is 2.09. The van der Waals surface area contributed by atoms with Gasteiger partial charge in [0.15, 0.2) is 10.6 Å². The van der Waals surface area contributed by atoms with Crippen molar-refractivity contribution in [1.82, 2.24) is 19.7 Å². The van der Waals surface area contributed by atoms with Gasteiger partial charge in [0.2, 0.25) is 5.91 Å². The van der Waals surface area contributed by atoms with Crippen molar-refractivity contribution in [2.75, 3.05) is 5.32 Å². The van der Waals surface area contributed by atoms with Crippen LogP contribution < -0.4 is 5.32 Å². The number of aromatic amines is 1. The van der Waals surface area contributed by atoms with Gasteiger partial charge in [-0.2, -0.15) is 5.10 Å². The molecule has 0 bridgehead atoms. The Hall–Kier alpha value is -2.80. The lowest BCUT2D eigenvalue weighted by molar-refractivity contribution is -0.116. The topological polar surface area (TPSA) is 75.6 Å². The maximum atomic E-state index is 12.2. The second-order valence-corrected chi connectivity index (χ2v) is 5.48. The van der Waals surface area contributed by atoms with Gasteiger partial charge in [0.1, 0.15) is 6.54 Å². The molecule has 0 saturated heterocycles. The van der Waals surface area contributed by atoms with E-state index in [1.807, 2.05) is 31.2 Å². The Morgan fingerprint density at radius 3 is 2.83 bits per heavy atom. The van der Waals surface area contributed by atoms with Crippen molar-refractivity contribution in [2.45, 2.75) is 13.5 Å². The van der Waals surface area contributed by atoms with Gasteiger partial charge in [-0.25, -0.2) is 0 Å². The van der Waals surface area contributed by atoms with Crippen LogP contribution in [0.4, 0.5) is 5.69 Å². The fourth-order valence-electron chi connectivity index (χ4n) is 2.25. The van der Waals surface area contributed by atoms with Crippen LogP contribution in [0.5, 0.6) is 0 Å². The third-order valence-corrected chi connectivity index (χ3v) is 3.61. The summed E-state index contributed by atoms with van der Waals surface area (Å²) in [7, 11) is 0. The normalized spacial score (nSPS) is 10.5. The van der Waals surface area contributed by atoms with Gasteiger partial charge in [0.05, 0.1) is 0 Å². The second kappa shape index (κ2) is 6.53. The Labute approximate surface area is 138 Å². The van der Waals surface area contributed by atoms with Crippen LogP contribution >= 0.6 is 12.2 Å². The molecule has 0 atom stereocenters. The number of hydrogen-bond acceptors (Lipinski definition) is 4. The van der Waals surface area contributed by atoms with Crippen molar-refractivity contribution in [3.05, 3.63) is 59.1 Å². The van der Waals surface area contributed by atoms with E-state index in [0.29, 0.717) is 16.3 Å². The standard InChI is InChI=1S/C16H15N5OS/c1-11-3-2-4-12(9-11)15-19-20-16(23)21(15)10-14(22)18-13-5-7-17-8-6-13/h2-9H,10H2,1H3,(H,20,23)(H,17,18,22). The maximum Gasteiger partial charge on any atom is 0.244 e. The molecule has 0 spiro atoms. The highest BCUT2D eigenvalue weighted by atomic mass is 32.1. The lowest BCUT2D eigenvalue weighted by atomic mass is 10.1.